The van der Waals surface area contributed by atoms with Crippen LogP contribution >= 0.6 is 0 Å². The number of carbonyl (C=O) groups excluding carboxylic acids is 1. The van der Waals surface area contributed by atoms with Crippen molar-refractivity contribution in [3.05, 3.63) is 101 Å². The number of hydrogen-bond donors (Lipinski definition) is 1. The van der Waals surface area contributed by atoms with E-state index < -0.39 is 11.7 Å². The van der Waals surface area contributed by atoms with E-state index in [-0.39, 0.29) is 0 Å². The maximum atomic E-state index is 12.0. The van der Waals surface area contributed by atoms with Crippen LogP contribution < -0.4 is 5.32 Å². The number of alkyl carbamates (subject to hydrolysis) is 1. The van der Waals surface area contributed by atoms with Crippen molar-refractivity contribution in [3.8, 4) is 0 Å². The maximum absolute atomic E-state index is 12.0. The van der Waals surface area contributed by atoms with Crippen LogP contribution in [0.4, 0.5) is 10.5 Å². The van der Waals surface area contributed by atoms with Crippen LogP contribution in [0.3, 0.4) is 0 Å². The van der Waals surface area contributed by atoms with E-state index in [0.29, 0.717) is 6.54 Å². The molecule has 3 rings (SSSR count). The lowest BCUT2D eigenvalue weighted by atomic mass is 10.0. The van der Waals surface area contributed by atoms with Crippen LogP contribution in [-0.2, 0) is 11.3 Å². The van der Waals surface area contributed by atoms with Gasteiger partial charge in [0.15, 0.2) is 0 Å². The molecule has 30 heavy (non-hydrogen) atoms. The Hall–Kier alpha value is -3.40. The summed E-state index contributed by atoms with van der Waals surface area (Å²) < 4.78 is 5.32. The number of hydrogen-bond acceptors (Lipinski definition) is 3. The predicted molar refractivity (Wildman–Crippen MR) is 122 cm³/mol. The summed E-state index contributed by atoms with van der Waals surface area (Å²) in [6.07, 6.45) is -0.427. The molecule has 0 aliphatic rings. The van der Waals surface area contributed by atoms with Crippen LogP contribution in [0.15, 0.2) is 83.9 Å². The lowest BCUT2D eigenvalue weighted by Gasteiger charge is -2.19. The van der Waals surface area contributed by atoms with E-state index in [1.54, 1.807) is 0 Å². The zero-order valence-corrected chi connectivity index (χ0v) is 18.0. The molecular formula is C26H28N2O2. The monoisotopic (exact) mass is 400 g/mol. The van der Waals surface area contributed by atoms with Gasteiger partial charge in [-0.2, -0.15) is 0 Å². The third-order valence-electron chi connectivity index (χ3n) is 4.29. The molecule has 154 valence electrons. The number of aliphatic imine (C=N–C) groups is 1. The molecule has 0 radical (unpaired) electrons. The first kappa shape index (κ1) is 21.3. The molecule has 0 aliphatic heterocycles. The summed E-state index contributed by atoms with van der Waals surface area (Å²) in [5.41, 5.74) is 5.40. The van der Waals surface area contributed by atoms with Crippen molar-refractivity contribution in [2.75, 3.05) is 0 Å². The fourth-order valence-electron chi connectivity index (χ4n) is 3.11. The zero-order valence-electron chi connectivity index (χ0n) is 18.0. The van der Waals surface area contributed by atoms with Crippen molar-refractivity contribution in [1.29, 1.82) is 0 Å². The Labute approximate surface area is 178 Å². The molecule has 4 nitrogen and oxygen atoms in total. The molecule has 0 spiro atoms. The molecule has 3 aromatic rings. The van der Waals surface area contributed by atoms with Crippen LogP contribution in [-0.4, -0.2) is 17.4 Å². The minimum Gasteiger partial charge on any atom is -0.444 e. The van der Waals surface area contributed by atoms with Gasteiger partial charge < -0.3 is 10.1 Å². The van der Waals surface area contributed by atoms with Crippen molar-refractivity contribution in [2.45, 2.75) is 39.8 Å². The number of amides is 1. The first-order chi connectivity index (χ1) is 14.3. The highest BCUT2D eigenvalue weighted by Crippen LogP contribution is 2.22. The maximum Gasteiger partial charge on any atom is 0.407 e. The van der Waals surface area contributed by atoms with E-state index in [2.05, 4.69) is 29.6 Å². The molecule has 0 aromatic heterocycles. The van der Waals surface area contributed by atoms with Gasteiger partial charge in [0, 0.05) is 17.7 Å². The number of nitrogens with one attached hydrogen (secondary N) is 1. The van der Waals surface area contributed by atoms with Gasteiger partial charge in [-0.05, 0) is 51.0 Å². The molecule has 0 atom stereocenters. The second-order valence-corrected chi connectivity index (χ2v) is 8.22. The summed E-state index contributed by atoms with van der Waals surface area (Å²) in [5.74, 6) is 0. The van der Waals surface area contributed by atoms with Crippen molar-refractivity contribution >= 4 is 17.5 Å². The highest BCUT2D eigenvalue weighted by atomic mass is 16.6. The van der Waals surface area contributed by atoms with E-state index in [1.165, 1.54) is 0 Å². The van der Waals surface area contributed by atoms with Crippen LogP contribution in [0.5, 0.6) is 0 Å². The number of rotatable bonds is 5. The number of carbonyl (C=O) groups is 1. The summed E-state index contributed by atoms with van der Waals surface area (Å²) in [7, 11) is 0. The van der Waals surface area contributed by atoms with E-state index >= 15 is 0 Å². The summed E-state index contributed by atoms with van der Waals surface area (Å²) in [5, 5.41) is 2.82. The average molecular weight is 401 g/mol. The lowest BCUT2D eigenvalue weighted by Crippen LogP contribution is -2.32. The zero-order chi connectivity index (χ0) is 21.6. The van der Waals surface area contributed by atoms with Crippen molar-refractivity contribution < 1.29 is 9.53 Å². The van der Waals surface area contributed by atoms with Crippen LogP contribution in [0, 0.1) is 6.92 Å². The summed E-state index contributed by atoms with van der Waals surface area (Å²) >= 11 is 0. The van der Waals surface area contributed by atoms with Crippen molar-refractivity contribution in [2.24, 2.45) is 4.99 Å². The number of aryl methyl sites for hydroxylation is 1. The predicted octanol–water partition coefficient (Wildman–Crippen LogP) is 6.19. The average Bonchev–Trinajstić information content (AvgIpc) is 2.70. The van der Waals surface area contributed by atoms with Gasteiger partial charge in [-0.3, -0.25) is 0 Å². The molecule has 0 unspecified atom stereocenters. The van der Waals surface area contributed by atoms with E-state index in [4.69, 9.17) is 9.73 Å². The Morgan fingerprint density at radius 2 is 1.47 bits per heavy atom. The van der Waals surface area contributed by atoms with Crippen LogP contribution in [0.1, 0.15) is 43.0 Å². The second-order valence-electron chi connectivity index (χ2n) is 8.22. The Morgan fingerprint density at radius 3 is 2.00 bits per heavy atom. The molecule has 4 heteroatoms. The van der Waals surface area contributed by atoms with Gasteiger partial charge in [0.1, 0.15) is 5.60 Å². The van der Waals surface area contributed by atoms with Gasteiger partial charge >= 0.3 is 6.09 Å². The molecule has 0 saturated heterocycles. The number of benzene rings is 3. The fourth-order valence-corrected chi connectivity index (χ4v) is 3.11. The molecular weight excluding hydrogens is 372 g/mol. The number of nitrogens with zero attached hydrogens (tertiary/aromatic N) is 1. The molecule has 0 fully saturated rings. The molecule has 0 saturated carbocycles. The third kappa shape index (κ3) is 6.31. The summed E-state index contributed by atoms with van der Waals surface area (Å²) in [6, 6.07) is 26.4. The molecule has 3 aromatic carbocycles. The Bertz CT molecular complexity index is 978. The Kier molecular flexibility index (Phi) is 6.68. The van der Waals surface area contributed by atoms with Gasteiger partial charge in [0.25, 0.3) is 0 Å². The van der Waals surface area contributed by atoms with Crippen LogP contribution in [0.25, 0.3) is 0 Å². The van der Waals surface area contributed by atoms with Crippen molar-refractivity contribution in [1.82, 2.24) is 5.32 Å². The Balaban J connectivity index is 1.90. The second kappa shape index (κ2) is 9.40. The highest BCUT2D eigenvalue weighted by molar-refractivity contribution is 6.13. The van der Waals surface area contributed by atoms with Gasteiger partial charge in [-0.15, -0.1) is 0 Å². The molecule has 1 amide bonds. The van der Waals surface area contributed by atoms with Gasteiger partial charge in [-0.1, -0.05) is 66.7 Å². The van der Waals surface area contributed by atoms with E-state index in [9.17, 15) is 4.79 Å². The minimum absolute atomic E-state index is 0.380. The summed E-state index contributed by atoms with van der Waals surface area (Å²) in [6.45, 7) is 7.95. The minimum atomic E-state index is -0.521. The standard InChI is InChI=1S/C26H28N2O2/c1-19-15-20(18-27-25(29)30-26(2,3)4)17-23(16-19)28-24(21-11-7-5-8-12-21)22-13-9-6-10-14-22/h5-17H,18H2,1-4H3,(H,27,29). The molecule has 0 aliphatic carbocycles. The molecule has 0 heterocycles. The van der Waals surface area contributed by atoms with Crippen molar-refractivity contribution in [3.63, 3.8) is 0 Å². The van der Waals surface area contributed by atoms with Gasteiger partial charge in [-0.25, -0.2) is 9.79 Å². The smallest absolute Gasteiger partial charge is 0.407 e. The van der Waals surface area contributed by atoms with E-state index in [1.807, 2.05) is 82.3 Å². The molecule has 0 bridgehead atoms. The van der Waals surface area contributed by atoms with Gasteiger partial charge in [0.05, 0.1) is 11.4 Å². The number of ether oxygens (including phenoxy) is 1. The topological polar surface area (TPSA) is 50.7 Å². The Morgan fingerprint density at radius 1 is 0.900 bits per heavy atom. The van der Waals surface area contributed by atoms with E-state index in [0.717, 1.165) is 33.7 Å². The summed E-state index contributed by atoms with van der Waals surface area (Å²) in [4.78, 5) is 17.0. The fraction of sp³-hybridized carbons (Fsp3) is 0.231. The first-order valence-corrected chi connectivity index (χ1v) is 10.1. The molecule has 1 N–H and O–H groups in total. The quantitative estimate of drug-likeness (QED) is 0.519. The third-order valence-corrected chi connectivity index (χ3v) is 4.29. The normalized spacial score (nSPS) is 10.9. The van der Waals surface area contributed by atoms with Gasteiger partial charge in [0.2, 0.25) is 0 Å². The highest BCUT2D eigenvalue weighted by Gasteiger charge is 2.16. The largest absolute Gasteiger partial charge is 0.444 e. The lowest BCUT2D eigenvalue weighted by molar-refractivity contribution is 0.0523. The first-order valence-electron chi connectivity index (χ1n) is 10.1. The SMILES string of the molecule is Cc1cc(CNC(=O)OC(C)(C)C)cc(N=C(c2ccccc2)c2ccccc2)c1. The van der Waals surface area contributed by atoms with Crippen LogP contribution in [0.2, 0.25) is 0 Å².